The second-order valence-electron chi connectivity index (χ2n) is 13.3. The molecule has 53 heavy (non-hydrogen) atoms. The maximum atomic E-state index is 6.20. The van der Waals surface area contributed by atoms with E-state index in [9.17, 15) is 0 Å². The fraction of sp³-hybridized carbons (Fsp3) is 0. The zero-order valence-electron chi connectivity index (χ0n) is 28.6. The Morgan fingerprint density at radius 1 is 0.358 bits per heavy atom. The molecule has 10 rings (SSSR count). The molecule has 248 valence electrons. The highest BCUT2D eigenvalue weighted by Gasteiger charge is 2.16. The van der Waals surface area contributed by atoms with Crippen molar-refractivity contribution in [2.75, 3.05) is 0 Å². The van der Waals surface area contributed by atoms with Crippen LogP contribution in [0.1, 0.15) is 0 Å². The zero-order valence-corrected chi connectivity index (χ0v) is 28.6. The van der Waals surface area contributed by atoms with E-state index in [1.54, 1.807) is 6.20 Å². The molecule has 0 saturated carbocycles. The number of benzene rings is 7. The minimum atomic E-state index is 0.669. The Labute approximate surface area is 306 Å². The number of fused-ring (bicyclic) bond motifs is 4. The van der Waals surface area contributed by atoms with Crippen molar-refractivity contribution in [3.05, 3.63) is 188 Å². The highest BCUT2D eigenvalue weighted by molar-refractivity contribution is 6.06. The lowest BCUT2D eigenvalue weighted by molar-refractivity contribution is 0.669. The van der Waals surface area contributed by atoms with Crippen LogP contribution in [-0.2, 0) is 0 Å². The summed E-state index contributed by atoms with van der Waals surface area (Å²) >= 11 is 0. The summed E-state index contributed by atoms with van der Waals surface area (Å²) in [5.74, 6) is 0.669. The van der Waals surface area contributed by atoms with Crippen LogP contribution in [0.25, 0.3) is 100.0 Å². The van der Waals surface area contributed by atoms with Gasteiger partial charge in [0.05, 0.1) is 11.4 Å². The number of furan rings is 1. The summed E-state index contributed by atoms with van der Waals surface area (Å²) in [5.41, 5.74) is 13.1. The quantitative estimate of drug-likeness (QED) is 0.176. The fourth-order valence-corrected chi connectivity index (χ4v) is 7.31. The summed E-state index contributed by atoms with van der Waals surface area (Å²) in [4.78, 5) is 14.7. The number of para-hydroxylation sites is 1. The first-order chi connectivity index (χ1) is 26.2. The van der Waals surface area contributed by atoms with Crippen LogP contribution in [0, 0.1) is 0 Å². The minimum Gasteiger partial charge on any atom is -0.456 e. The van der Waals surface area contributed by atoms with Gasteiger partial charge in [0.2, 0.25) is 0 Å². The molecule has 0 aliphatic heterocycles. The van der Waals surface area contributed by atoms with Crippen molar-refractivity contribution in [1.82, 2.24) is 15.0 Å². The molecule has 0 unspecified atom stereocenters. The van der Waals surface area contributed by atoms with Crippen molar-refractivity contribution in [2.24, 2.45) is 0 Å². The minimum absolute atomic E-state index is 0.669. The zero-order chi connectivity index (χ0) is 35.1. The lowest BCUT2D eigenvalue weighted by atomic mass is 9.91. The molecule has 0 aliphatic rings. The van der Waals surface area contributed by atoms with Crippen LogP contribution in [0.2, 0.25) is 0 Å². The van der Waals surface area contributed by atoms with Crippen molar-refractivity contribution in [3.63, 3.8) is 0 Å². The molecular weight excluding hydrogens is 647 g/mol. The molecule has 0 atom stereocenters. The summed E-state index contributed by atoms with van der Waals surface area (Å²) in [6.45, 7) is 0. The Bertz CT molecular complexity index is 2930. The van der Waals surface area contributed by atoms with E-state index in [-0.39, 0.29) is 0 Å². The first-order valence-electron chi connectivity index (χ1n) is 17.7. The van der Waals surface area contributed by atoms with Crippen molar-refractivity contribution in [3.8, 4) is 67.3 Å². The van der Waals surface area contributed by atoms with Crippen LogP contribution in [0.5, 0.6) is 0 Å². The third-order valence-corrected chi connectivity index (χ3v) is 9.97. The topological polar surface area (TPSA) is 51.8 Å². The second kappa shape index (κ2) is 12.9. The Morgan fingerprint density at radius 3 is 1.87 bits per heavy atom. The SMILES string of the molecule is c1ccc(-c2cc(-c3cc(-c4ccc5oc6ccccc6c5c4)cc(-c4cccc5ccccc45)c3)nc(-c3ccc(-c4cccnc4)cc3)n2)cc1. The van der Waals surface area contributed by atoms with Gasteiger partial charge in [-0.05, 0) is 92.7 Å². The molecule has 0 amide bonds. The first-order valence-corrected chi connectivity index (χ1v) is 17.7. The standard InChI is InChI=1S/C49H31N3O/c1-2-11-34(12-3-1)45-30-46(52-49(51-45)35-21-19-32(20-22-35)37-14-9-25-50-31-37)40-27-38(26-39(28-40)42-17-8-13-33-10-4-5-15-41(33)42)36-23-24-48-44(29-36)43-16-6-7-18-47(43)53-48/h1-31H. The van der Waals surface area contributed by atoms with Gasteiger partial charge in [0.1, 0.15) is 11.2 Å². The van der Waals surface area contributed by atoms with Crippen molar-refractivity contribution in [2.45, 2.75) is 0 Å². The second-order valence-corrected chi connectivity index (χ2v) is 13.3. The van der Waals surface area contributed by atoms with Crippen molar-refractivity contribution < 1.29 is 4.42 Å². The van der Waals surface area contributed by atoms with E-state index in [1.165, 1.54) is 16.3 Å². The smallest absolute Gasteiger partial charge is 0.160 e. The van der Waals surface area contributed by atoms with E-state index >= 15 is 0 Å². The number of hydrogen-bond donors (Lipinski definition) is 0. The van der Waals surface area contributed by atoms with Gasteiger partial charge in [-0.25, -0.2) is 9.97 Å². The van der Waals surface area contributed by atoms with E-state index in [4.69, 9.17) is 14.4 Å². The van der Waals surface area contributed by atoms with Gasteiger partial charge < -0.3 is 4.42 Å². The molecule has 0 aliphatic carbocycles. The highest BCUT2D eigenvalue weighted by Crippen LogP contribution is 2.39. The summed E-state index contributed by atoms with van der Waals surface area (Å²) in [6, 6.07) is 61.5. The van der Waals surface area contributed by atoms with Crippen LogP contribution in [0.3, 0.4) is 0 Å². The summed E-state index contributed by atoms with van der Waals surface area (Å²) in [5, 5.41) is 4.61. The van der Waals surface area contributed by atoms with Crippen LogP contribution >= 0.6 is 0 Å². The lowest BCUT2D eigenvalue weighted by Gasteiger charge is -2.14. The molecule has 3 heterocycles. The van der Waals surface area contributed by atoms with E-state index < -0.39 is 0 Å². The van der Waals surface area contributed by atoms with Gasteiger partial charge in [0, 0.05) is 39.9 Å². The highest BCUT2D eigenvalue weighted by atomic mass is 16.3. The van der Waals surface area contributed by atoms with Gasteiger partial charge >= 0.3 is 0 Å². The van der Waals surface area contributed by atoms with Gasteiger partial charge in [-0.1, -0.05) is 127 Å². The monoisotopic (exact) mass is 677 g/mol. The van der Waals surface area contributed by atoms with Crippen molar-refractivity contribution in [1.29, 1.82) is 0 Å². The maximum absolute atomic E-state index is 6.20. The van der Waals surface area contributed by atoms with E-state index in [0.29, 0.717) is 5.82 Å². The largest absolute Gasteiger partial charge is 0.456 e. The summed E-state index contributed by atoms with van der Waals surface area (Å²) < 4.78 is 6.20. The molecule has 0 spiro atoms. The molecular formula is C49H31N3O. The van der Waals surface area contributed by atoms with Gasteiger partial charge in [-0.15, -0.1) is 0 Å². The van der Waals surface area contributed by atoms with Crippen molar-refractivity contribution >= 4 is 32.7 Å². The predicted octanol–water partition coefficient (Wildman–Crippen LogP) is 12.9. The van der Waals surface area contributed by atoms with Crippen LogP contribution in [0.4, 0.5) is 0 Å². The number of rotatable bonds is 6. The lowest BCUT2D eigenvalue weighted by Crippen LogP contribution is -1.97. The third-order valence-electron chi connectivity index (χ3n) is 9.97. The predicted molar refractivity (Wildman–Crippen MR) is 217 cm³/mol. The number of aromatic nitrogens is 3. The molecule has 4 nitrogen and oxygen atoms in total. The first kappa shape index (κ1) is 30.6. The summed E-state index contributed by atoms with van der Waals surface area (Å²) in [6.07, 6.45) is 3.67. The Kier molecular flexibility index (Phi) is 7.43. The van der Waals surface area contributed by atoms with Crippen LogP contribution in [-0.4, -0.2) is 15.0 Å². The molecule has 0 radical (unpaired) electrons. The van der Waals surface area contributed by atoms with Gasteiger partial charge in [-0.2, -0.15) is 0 Å². The summed E-state index contributed by atoms with van der Waals surface area (Å²) in [7, 11) is 0. The number of hydrogen-bond acceptors (Lipinski definition) is 4. The molecule has 0 fully saturated rings. The molecule has 3 aromatic heterocycles. The van der Waals surface area contributed by atoms with Crippen LogP contribution < -0.4 is 0 Å². The molecule has 0 bridgehead atoms. The van der Waals surface area contributed by atoms with Gasteiger partial charge in [-0.3, -0.25) is 4.98 Å². The molecule has 0 N–H and O–H groups in total. The molecule has 10 aromatic rings. The van der Waals surface area contributed by atoms with Gasteiger partial charge in [0.15, 0.2) is 5.82 Å². The third kappa shape index (κ3) is 5.73. The van der Waals surface area contributed by atoms with E-state index in [0.717, 1.165) is 77.8 Å². The normalized spacial score (nSPS) is 11.4. The number of nitrogens with zero attached hydrogens (tertiary/aromatic N) is 3. The van der Waals surface area contributed by atoms with Crippen LogP contribution in [0.15, 0.2) is 193 Å². The molecule has 7 aromatic carbocycles. The average Bonchev–Trinajstić information content (AvgIpc) is 3.62. The Morgan fingerprint density at radius 2 is 1.02 bits per heavy atom. The fourth-order valence-electron chi connectivity index (χ4n) is 7.31. The number of pyridine rings is 1. The maximum Gasteiger partial charge on any atom is 0.160 e. The Hall–Kier alpha value is -7.17. The Balaban J connectivity index is 1.18. The van der Waals surface area contributed by atoms with E-state index in [1.807, 2.05) is 30.5 Å². The van der Waals surface area contributed by atoms with Gasteiger partial charge in [0.25, 0.3) is 0 Å². The molecule has 4 heteroatoms. The average molecular weight is 678 g/mol. The van der Waals surface area contributed by atoms with E-state index in [2.05, 4.69) is 157 Å². The molecule has 0 saturated heterocycles.